The molecule has 0 aliphatic carbocycles. The molecule has 0 aromatic carbocycles. The fourth-order valence-electron chi connectivity index (χ4n) is 2.47. The summed E-state index contributed by atoms with van der Waals surface area (Å²) in [6.07, 6.45) is 5.33. The third kappa shape index (κ3) is 3.78. The van der Waals surface area contributed by atoms with Gasteiger partial charge in [-0.05, 0) is 31.9 Å². The van der Waals surface area contributed by atoms with E-state index in [9.17, 15) is 9.59 Å². The first-order valence-corrected chi connectivity index (χ1v) is 8.04. The van der Waals surface area contributed by atoms with Crippen LogP contribution in [0.4, 0.5) is 4.79 Å². The molecule has 1 heterocycles. The summed E-state index contributed by atoms with van der Waals surface area (Å²) in [7, 11) is 0. The number of hydrogen-bond acceptors (Lipinski definition) is 3. The summed E-state index contributed by atoms with van der Waals surface area (Å²) in [5, 5.41) is 12.0. The number of aliphatic carboxylic acids is 1. The van der Waals surface area contributed by atoms with E-state index in [4.69, 9.17) is 5.11 Å². The third-order valence-electron chi connectivity index (χ3n) is 4.08. The second-order valence-electron chi connectivity index (χ2n) is 4.94. The van der Waals surface area contributed by atoms with Crippen LogP contribution in [0.5, 0.6) is 0 Å². The zero-order valence-corrected chi connectivity index (χ0v) is 12.8. The minimum absolute atomic E-state index is 0.0497. The van der Waals surface area contributed by atoms with E-state index in [-0.39, 0.29) is 10.8 Å². The molecular formula is C13H24N2O3S. The van der Waals surface area contributed by atoms with Crippen molar-refractivity contribution < 1.29 is 14.7 Å². The Morgan fingerprint density at radius 3 is 2.53 bits per heavy atom. The minimum Gasteiger partial charge on any atom is -0.480 e. The summed E-state index contributed by atoms with van der Waals surface area (Å²) < 4.78 is 0.0497. The van der Waals surface area contributed by atoms with Crippen molar-refractivity contribution in [3.8, 4) is 0 Å². The van der Waals surface area contributed by atoms with E-state index in [0.717, 1.165) is 19.3 Å². The fraction of sp³-hybridized carbons (Fsp3) is 0.846. The molecule has 1 rings (SSSR count). The van der Waals surface area contributed by atoms with E-state index in [0.29, 0.717) is 19.5 Å². The van der Waals surface area contributed by atoms with Gasteiger partial charge in [-0.1, -0.05) is 13.8 Å². The maximum atomic E-state index is 12.1. The number of nitrogens with one attached hydrogen (secondary N) is 1. The van der Waals surface area contributed by atoms with Crippen LogP contribution in [-0.2, 0) is 4.79 Å². The molecule has 0 saturated carbocycles. The largest absolute Gasteiger partial charge is 0.480 e. The Labute approximate surface area is 119 Å². The molecule has 110 valence electrons. The smallest absolute Gasteiger partial charge is 0.326 e. The van der Waals surface area contributed by atoms with Gasteiger partial charge in [-0.15, -0.1) is 0 Å². The number of nitrogens with zero attached hydrogens (tertiary/aromatic N) is 1. The average Bonchev–Trinajstić information content (AvgIpc) is 2.90. The molecule has 1 saturated heterocycles. The van der Waals surface area contributed by atoms with Crippen LogP contribution in [0.15, 0.2) is 0 Å². The molecule has 1 aliphatic heterocycles. The van der Waals surface area contributed by atoms with Crippen LogP contribution in [0.3, 0.4) is 0 Å². The molecule has 0 aromatic heterocycles. The van der Waals surface area contributed by atoms with Crippen LogP contribution >= 0.6 is 11.8 Å². The first-order chi connectivity index (χ1) is 8.99. The Morgan fingerprint density at radius 1 is 1.42 bits per heavy atom. The summed E-state index contributed by atoms with van der Waals surface area (Å²) >= 11 is 1.76. The number of thioether (sulfide) groups is 1. The van der Waals surface area contributed by atoms with Crippen molar-refractivity contribution in [1.29, 1.82) is 0 Å². The first kappa shape index (κ1) is 16.1. The highest BCUT2D eigenvalue weighted by Crippen LogP contribution is 2.29. The lowest BCUT2D eigenvalue weighted by atomic mass is 10.0. The second kappa shape index (κ2) is 7.03. The Balaban J connectivity index is 2.57. The Kier molecular flexibility index (Phi) is 5.97. The Hall–Kier alpha value is -0.910. The number of urea groups is 1. The van der Waals surface area contributed by atoms with Gasteiger partial charge in [0.2, 0.25) is 0 Å². The molecule has 19 heavy (non-hydrogen) atoms. The van der Waals surface area contributed by atoms with Gasteiger partial charge in [-0.25, -0.2) is 9.59 Å². The van der Waals surface area contributed by atoms with Gasteiger partial charge in [0, 0.05) is 17.8 Å². The zero-order valence-electron chi connectivity index (χ0n) is 11.9. The van der Waals surface area contributed by atoms with Crippen LogP contribution in [0.2, 0.25) is 0 Å². The van der Waals surface area contributed by atoms with Crippen molar-refractivity contribution in [2.75, 3.05) is 19.3 Å². The van der Waals surface area contributed by atoms with Gasteiger partial charge >= 0.3 is 12.0 Å². The topological polar surface area (TPSA) is 69.6 Å². The molecule has 1 fully saturated rings. The van der Waals surface area contributed by atoms with Crippen LogP contribution in [0.25, 0.3) is 0 Å². The SMILES string of the molecule is CCC(CC)(CNC(=O)N1CCC[C@H]1C(=O)O)SC. The normalized spacial score (nSPS) is 19.5. The molecule has 0 unspecified atom stereocenters. The summed E-state index contributed by atoms with van der Waals surface area (Å²) in [4.78, 5) is 24.6. The lowest BCUT2D eigenvalue weighted by molar-refractivity contribution is -0.141. The summed E-state index contributed by atoms with van der Waals surface area (Å²) in [5.74, 6) is -0.908. The number of carbonyl (C=O) groups is 2. The molecule has 2 N–H and O–H groups in total. The highest BCUT2D eigenvalue weighted by atomic mass is 32.2. The van der Waals surface area contributed by atoms with Crippen molar-refractivity contribution in [1.82, 2.24) is 10.2 Å². The highest BCUT2D eigenvalue weighted by molar-refractivity contribution is 8.00. The molecule has 5 nitrogen and oxygen atoms in total. The number of amides is 2. The minimum atomic E-state index is -0.908. The molecule has 0 bridgehead atoms. The highest BCUT2D eigenvalue weighted by Gasteiger charge is 2.35. The number of hydrogen-bond donors (Lipinski definition) is 2. The molecule has 0 spiro atoms. The van der Waals surface area contributed by atoms with Crippen LogP contribution in [0.1, 0.15) is 39.5 Å². The van der Waals surface area contributed by atoms with Crippen molar-refractivity contribution >= 4 is 23.8 Å². The number of likely N-dealkylation sites (tertiary alicyclic amines) is 1. The Bertz CT molecular complexity index is 324. The van der Waals surface area contributed by atoms with Crippen molar-refractivity contribution in [2.45, 2.75) is 50.3 Å². The predicted molar refractivity (Wildman–Crippen MR) is 77.6 cm³/mol. The van der Waals surface area contributed by atoms with Gasteiger partial charge in [0.25, 0.3) is 0 Å². The molecule has 1 aliphatic rings. The van der Waals surface area contributed by atoms with E-state index in [1.165, 1.54) is 4.90 Å². The molecule has 6 heteroatoms. The standard InChI is InChI=1S/C13H24N2O3S/c1-4-13(5-2,19-3)9-14-12(18)15-8-6-7-10(15)11(16)17/h10H,4-9H2,1-3H3,(H,14,18)(H,16,17)/t10-/m0/s1. The number of carbonyl (C=O) groups excluding carboxylic acids is 1. The van der Waals surface area contributed by atoms with Gasteiger partial charge in [0.1, 0.15) is 6.04 Å². The second-order valence-corrected chi connectivity index (χ2v) is 6.22. The van der Waals surface area contributed by atoms with Crippen LogP contribution in [0, 0.1) is 0 Å². The lowest BCUT2D eigenvalue weighted by Crippen LogP contribution is -2.49. The van der Waals surface area contributed by atoms with Crippen LogP contribution < -0.4 is 5.32 Å². The lowest BCUT2D eigenvalue weighted by Gasteiger charge is -2.31. The van der Waals surface area contributed by atoms with Crippen LogP contribution in [-0.4, -0.2) is 52.1 Å². The predicted octanol–water partition coefficient (Wildman–Crippen LogP) is 2.17. The van der Waals surface area contributed by atoms with Gasteiger partial charge in [0.05, 0.1) is 0 Å². The summed E-state index contributed by atoms with van der Waals surface area (Å²) in [6, 6.07) is -0.905. The molecule has 1 atom stereocenters. The number of rotatable bonds is 6. The van der Waals surface area contributed by atoms with E-state index < -0.39 is 12.0 Å². The molecule has 2 amide bonds. The van der Waals surface area contributed by atoms with Gasteiger partial charge < -0.3 is 15.3 Å². The molecule has 0 radical (unpaired) electrons. The van der Waals surface area contributed by atoms with E-state index in [1.807, 2.05) is 0 Å². The Morgan fingerprint density at radius 2 is 2.05 bits per heavy atom. The van der Waals surface area contributed by atoms with Gasteiger partial charge in [0.15, 0.2) is 0 Å². The molecule has 0 aromatic rings. The van der Waals surface area contributed by atoms with Gasteiger partial charge in [-0.3, -0.25) is 0 Å². The maximum absolute atomic E-state index is 12.1. The first-order valence-electron chi connectivity index (χ1n) is 6.82. The summed E-state index contributed by atoms with van der Waals surface area (Å²) in [6.45, 7) is 5.35. The van der Waals surface area contributed by atoms with Crippen molar-refractivity contribution in [3.05, 3.63) is 0 Å². The van der Waals surface area contributed by atoms with Gasteiger partial charge in [-0.2, -0.15) is 11.8 Å². The third-order valence-corrected chi connectivity index (χ3v) is 5.67. The van der Waals surface area contributed by atoms with E-state index in [2.05, 4.69) is 25.4 Å². The van der Waals surface area contributed by atoms with Crippen molar-refractivity contribution in [2.24, 2.45) is 0 Å². The number of carboxylic acid groups (broad SMARTS) is 1. The fourth-order valence-corrected chi connectivity index (χ4v) is 3.26. The maximum Gasteiger partial charge on any atom is 0.326 e. The average molecular weight is 288 g/mol. The summed E-state index contributed by atoms with van der Waals surface area (Å²) in [5.41, 5.74) is 0. The van der Waals surface area contributed by atoms with Crippen molar-refractivity contribution in [3.63, 3.8) is 0 Å². The molecular weight excluding hydrogens is 264 g/mol. The van der Waals surface area contributed by atoms with E-state index >= 15 is 0 Å². The quantitative estimate of drug-likeness (QED) is 0.786. The zero-order chi connectivity index (χ0) is 14.5. The van der Waals surface area contributed by atoms with E-state index in [1.54, 1.807) is 11.8 Å². The number of carboxylic acids is 1. The monoisotopic (exact) mass is 288 g/mol.